The van der Waals surface area contributed by atoms with Crippen molar-refractivity contribution in [1.82, 2.24) is 14.5 Å². The third-order valence-electron chi connectivity index (χ3n) is 2.09. The minimum atomic E-state index is -0.289. The van der Waals surface area contributed by atoms with Crippen LogP contribution in [0, 0.1) is 0 Å². The molecule has 17 heavy (non-hydrogen) atoms. The van der Waals surface area contributed by atoms with Crippen molar-refractivity contribution < 1.29 is 4.79 Å². The number of amides is 1. The van der Waals surface area contributed by atoms with Crippen molar-refractivity contribution in [1.29, 1.82) is 0 Å². The Hall–Kier alpha value is -1.59. The highest BCUT2D eigenvalue weighted by Crippen LogP contribution is 2.15. The molecule has 0 fully saturated rings. The molecule has 0 atom stereocenters. The summed E-state index contributed by atoms with van der Waals surface area (Å²) in [5.74, 6) is -0.0236. The Morgan fingerprint density at radius 1 is 1.41 bits per heavy atom. The molecule has 0 aliphatic carbocycles. The van der Waals surface area contributed by atoms with E-state index in [2.05, 4.69) is 15.3 Å². The van der Waals surface area contributed by atoms with E-state index < -0.39 is 0 Å². The molecule has 0 aliphatic heterocycles. The number of anilines is 1. The van der Waals surface area contributed by atoms with E-state index in [0.29, 0.717) is 5.69 Å². The van der Waals surface area contributed by atoms with Gasteiger partial charge in [-0.2, -0.15) is 0 Å². The Kier molecular flexibility index (Phi) is 3.31. The predicted molar refractivity (Wildman–Crippen MR) is 65.4 cm³/mol. The monoisotopic (exact) mass is 270 g/mol. The molecule has 0 aromatic carbocycles. The lowest BCUT2D eigenvalue weighted by molar-refractivity contribution is 0.101. The van der Waals surface area contributed by atoms with Crippen LogP contribution in [-0.4, -0.2) is 20.4 Å². The van der Waals surface area contributed by atoms with Crippen molar-refractivity contribution in [3.8, 4) is 0 Å². The maximum absolute atomic E-state index is 11.8. The highest BCUT2D eigenvalue weighted by molar-refractivity contribution is 6.32. The first kappa shape index (κ1) is 11.9. The van der Waals surface area contributed by atoms with Gasteiger partial charge in [0.05, 0.1) is 0 Å². The van der Waals surface area contributed by atoms with Crippen LogP contribution in [0.15, 0.2) is 24.4 Å². The largest absolute Gasteiger partial charge is 0.347 e. The SMILES string of the molecule is Cn1cccc1C(=O)Nc1cc(Cl)nc(Cl)n1. The summed E-state index contributed by atoms with van der Waals surface area (Å²) in [5, 5.41) is 2.75. The van der Waals surface area contributed by atoms with Crippen LogP contribution in [0.4, 0.5) is 5.82 Å². The van der Waals surface area contributed by atoms with Crippen LogP contribution < -0.4 is 5.32 Å². The highest BCUT2D eigenvalue weighted by atomic mass is 35.5. The fourth-order valence-electron chi connectivity index (χ4n) is 1.33. The molecule has 0 spiro atoms. The Balaban J connectivity index is 2.21. The lowest BCUT2D eigenvalue weighted by Crippen LogP contribution is -2.16. The average Bonchev–Trinajstić information content (AvgIpc) is 2.62. The van der Waals surface area contributed by atoms with E-state index in [1.54, 1.807) is 29.9 Å². The molecule has 2 aromatic heterocycles. The predicted octanol–water partition coefficient (Wildman–Crippen LogP) is 2.37. The Morgan fingerprint density at radius 2 is 2.18 bits per heavy atom. The third kappa shape index (κ3) is 2.75. The van der Waals surface area contributed by atoms with Crippen LogP contribution >= 0.6 is 23.2 Å². The van der Waals surface area contributed by atoms with E-state index in [-0.39, 0.29) is 22.2 Å². The molecule has 0 saturated heterocycles. The highest BCUT2D eigenvalue weighted by Gasteiger charge is 2.10. The summed E-state index contributed by atoms with van der Waals surface area (Å²) in [6.45, 7) is 0. The fraction of sp³-hybridized carbons (Fsp3) is 0.100. The average molecular weight is 271 g/mol. The van der Waals surface area contributed by atoms with Gasteiger partial charge in [-0.3, -0.25) is 4.79 Å². The summed E-state index contributed by atoms with van der Waals surface area (Å²) < 4.78 is 1.69. The van der Waals surface area contributed by atoms with Gasteiger partial charge in [-0.25, -0.2) is 9.97 Å². The normalized spacial score (nSPS) is 10.3. The maximum Gasteiger partial charge on any atom is 0.273 e. The fourth-order valence-corrected chi connectivity index (χ4v) is 1.74. The summed E-state index contributed by atoms with van der Waals surface area (Å²) in [4.78, 5) is 19.4. The van der Waals surface area contributed by atoms with Crippen LogP contribution in [0.25, 0.3) is 0 Å². The molecule has 0 radical (unpaired) electrons. The number of rotatable bonds is 2. The van der Waals surface area contributed by atoms with Gasteiger partial charge < -0.3 is 9.88 Å². The number of nitrogens with zero attached hydrogens (tertiary/aromatic N) is 3. The lowest BCUT2D eigenvalue weighted by Gasteiger charge is -2.05. The Morgan fingerprint density at radius 3 is 2.76 bits per heavy atom. The van der Waals surface area contributed by atoms with Crippen molar-refractivity contribution in [2.24, 2.45) is 7.05 Å². The van der Waals surface area contributed by atoms with Gasteiger partial charge >= 0.3 is 0 Å². The molecular weight excluding hydrogens is 263 g/mol. The molecule has 0 saturated carbocycles. The van der Waals surface area contributed by atoms with Crippen LogP contribution in [0.2, 0.25) is 10.4 Å². The van der Waals surface area contributed by atoms with Crippen LogP contribution in [0.3, 0.4) is 0 Å². The van der Waals surface area contributed by atoms with E-state index in [1.165, 1.54) is 6.07 Å². The Labute approximate surface area is 107 Å². The second-order valence-electron chi connectivity index (χ2n) is 3.30. The minimum absolute atomic E-state index is 0.0142. The first-order valence-electron chi connectivity index (χ1n) is 4.69. The summed E-state index contributed by atoms with van der Waals surface area (Å²) in [6, 6.07) is 4.89. The van der Waals surface area contributed by atoms with Crippen molar-refractivity contribution in [3.05, 3.63) is 40.5 Å². The number of nitrogens with one attached hydrogen (secondary N) is 1. The number of aryl methyl sites for hydroxylation is 1. The molecule has 5 nitrogen and oxygen atoms in total. The zero-order chi connectivity index (χ0) is 12.4. The number of carbonyl (C=O) groups is 1. The lowest BCUT2D eigenvalue weighted by atomic mass is 10.4. The van der Waals surface area contributed by atoms with Crippen molar-refractivity contribution in [2.75, 3.05) is 5.32 Å². The number of aromatic nitrogens is 3. The van der Waals surface area contributed by atoms with Crippen molar-refractivity contribution >= 4 is 34.9 Å². The summed E-state index contributed by atoms with van der Waals surface area (Å²) in [7, 11) is 1.77. The molecule has 2 heterocycles. The van der Waals surface area contributed by atoms with Crippen LogP contribution in [0.1, 0.15) is 10.5 Å². The standard InChI is InChI=1S/C10H8Cl2N4O/c1-16-4-2-3-6(16)9(17)14-8-5-7(11)13-10(12)15-8/h2-5H,1H3,(H,13,14,15,17). The van der Waals surface area contributed by atoms with Gasteiger partial charge in [0.1, 0.15) is 16.7 Å². The summed E-state index contributed by atoms with van der Waals surface area (Å²) in [5.41, 5.74) is 0.510. The molecule has 2 rings (SSSR count). The smallest absolute Gasteiger partial charge is 0.273 e. The number of carbonyl (C=O) groups excluding carboxylic acids is 1. The maximum atomic E-state index is 11.8. The van der Waals surface area contributed by atoms with Gasteiger partial charge in [0.25, 0.3) is 5.91 Å². The molecule has 1 N–H and O–H groups in total. The molecule has 0 unspecified atom stereocenters. The van der Waals surface area contributed by atoms with Crippen LogP contribution in [0.5, 0.6) is 0 Å². The van der Waals surface area contributed by atoms with Crippen LogP contribution in [-0.2, 0) is 7.05 Å². The van der Waals surface area contributed by atoms with Gasteiger partial charge in [-0.15, -0.1) is 0 Å². The van der Waals surface area contributed by atoms with E-state index in [4.69, 9.17) is 23.2 Å². The van der Waals surface area contributed by atoms with E-state index >= 15 is 0 Å². The minimum Gasteiger partial charge on any atom is -0.347 e. The third-order valence-corrected chi connectivity index (χ3v) is 2.45. The molecule has 1 amide bonds. The zero-order valence-electron chi connectivity index (χ0n) is 8.82. The summed E-state index contributed by atoms with van der Waals surface area (Å²) in [6.07, 6.45) is 1.77. The molecule has 0 aliphatic rings. The van der Waals surface area contributed by atoms with Crippen molar-refractivity contribution in [3.63, 3.8) is 0 Å². The second kappa shape index (κ2) is 4.73. The van der Waals surface area contributed by atoms with Crippen molar-refractivity contribution in [2.45, 2.75) is 0 Å². The zero-order valence-corrected chi connectivity index (χ0v) is 10.3. The molecule has 88 valence electrons. The quantitative estimate of drug-likeness (QED) is 0.673. The summed E-state index contributed by atoms with van der Waals surface area (Å²) >= 11 is 11.3. The molecular formula is C10H8Cl2N4O. The van der Waals surface area contributed by atoms with Gasteiger partial charge in [0, 0.05) is 19.3 Å². The first-order valence-corrected chi connectivity index (χ1v) is 5.44. The van der Waals surface area contributed by atoms with Gasteiger partial charge in [-0.1, -0.05) is 11.6 Å². The number of hydrogen-bond acceptors (Lipinski definition) is 3. The second-order valence-corrected chi connectivity index (χ2v) is 4.03. The Bertz CT molecular complexity index is 547. The van der Waals surface area contributed by atoms with Gasteiger partial charge in [-0.05, 0) is 23.7 Å². The molecule has 7 heteroatoms. The van der Waals surface area contributed by atoms with E-state index in [0.717, 1.165) is 0 Å². The molecule has 0 bridgehead atoms. The number of hydrogen-bond donors (Lipinski definition) is 1. The van der Waals surface area contributed by atoms with Gasteiger partial charge in [0.2, 0.25) is 5.28 Å². The first-order chi connectivity index (χ1) is 8.06. The van der Waals surface area contributed by atoms with Gasteiger partial charge in [0.15, 0.2) is 0 Å². The number of halogens is 2. The molecule has 2 aromatic rings. The van der Waals surface area contributed by atoms with E-state index in [9.17, 15) is 4.79 Å². The topological polar surface area (TPSA) is 59.8 Å². The van der Waals surface area contributed by atoms with E-state index in [1.807, 2.05) is 0 Å².